The second-order valence-corrected chi connectivity index (χ2v) is 8.67. The summed E-state index contributed by atoms with van der Waals surface area (Å²) in [6.07, 6.45) is 1.75. The maximum Gasteiger partial charge on any atom is 0.251 e. The van der Waals surface area contributed by atoms with Gasteiger partial charge in [0.1, 0.15) is 11.6 Å². The lowest BCUT2D eigenvalue weighted by Gasteiger charge is -2.19. The molecule has 0 atom stereocenters. The van der Waals surface area contributed by atoms with E-state index in [1.165, 1.54) is 12.1 Å². The molecule has 2 aromatic carbocycles. The van der Waals surface area contributed by atoms with Crippen molar-refractivity contribution in [2.45, 2.75) is 39.2 Å². The number of pyridine rings is 1. The highest BCUT2D eigenvalue weighted by Crippen LogP contribution is 2.22. The fourth-order valence-electron chi connectivity index (χ4n) is 3.03. The van der Waals surface area contributed by atoms with Crippen molar-refractivity contribution in [2.24, 2.45) is 0 Å². The molecule has 3 rings (SSSR count). The third kappa shape index (κ3) is 7.42. The monoisotopic (exact) mass is 449 g/mol. The molecule has 2 N–H and O–H groups in total. The van der Waals surface area contributed by atoms with Gasteiger partial charge in [0.05, 0.1) is 0 Å². The maximum absolute atomic E-state index is 13.2. The van der Waals surface area contributed by atoms with Gasteiger partial charge in [0.2, 0.25) is 11.8 Å². The minimum Gasteiger partial charge on any atom is -0.439 e. The average molecular weight is 450 g/mol. The smallest absolute Gasteiger partial charge is 0.251 e. The Morgan fingerprint density at radius 3 is 2.39 bits per heavy atom. The van der Waals surface area contributed by atoms with Crippen LogP contribution in [0, 0.1) is 5.82 Å². The summed E-state index contributed by atoms with van der Waals surface area (Å²) in [6, 6.07) is 16.7. The molecule has 0 saturated carbocycles. The Balaban J connectivity index is 1.39. The molecule has 1 heterocycles. The predicted molar refractivity (Wildman–Crippen MR) is 125 cm³/mol. The standard InChI is InChI=1S/C26H28FN3O3/c1-26(2,3)20-10-8-19(9-11-20)25(32)28-14-13-23(31)29-16-18-7-12-24(30-17-18)33-22-6-4-5-21(27)15-22/h4-12,15,17H,13-14,16H2,1-3H3,(H,28,32)(H,29,31). The minimum atomic E-state index is -0.388. The zero-order valence-corrected chi connectivity index (χ0v) is 19.0. The van der Waals surface area contributed by atoms with Gasteiger partial charge in [-0.3, -0.25) is 9.59 Å². The molecular weight excluding hydrogens is 421 g/mol. The van der Waals surface area contributed by atoms with Crippen molar-refractivity contribution in [3.63, 3.8) is 0 Å². The second-order valence-electron chi connectivity index (χ2n) is 8.67. The molecule has 0 unspecified atom stereocenters. The first kappa shape index (κ1) is 23.9. The number of hydrogen-bond donors (Lipinski definition) is 2. The number of nitrogens with one attached hydrogen (secondary N) is 2. The van der Waals surface area contributed by atoms with Crippen LogP contribution in [-0.4, -0.2) is 23.3 Å². The number of hydrogen-bond acceptors (Lipinski definition) is 4. The quantitative estimate of drug-likeness (QED) is 0.520. The van der Waals surface area contributed by atoms with Crippen molar-refractivity contribution in [3.05, 3.63) is 89.4 Å². The first-order valence-electron chi connectivity index (χ1n) is 10.7. The van der Waals surface area contributed by atoms with Crippen LogP contribution in [0.1, 0.15) is 48.7 Å². The minimum absolute atomic E-state index is 0.0251. The number of benzene rings is 2. The Labute approximate surface area is 193 Å². The molecular formula is C26H28FN3O3. The maximum atomic E-state index is 13.2. The summed E-state index contributed by atoms with van der Waals surface area (Å²) < 4.78 is 18.7. The van der Waals surface area contributed by atoms with Crippen LogP contribution in [0.15, 0.2) is 66.9 Å². The van der Waals surface area contributed by atoms with Crippen LogP contribution in [-0.2, 0) is 16.8 Å². The van der Waals surface area contributed by atoms with Crippen molar-refractivity contribution in [2.75, 3.05) is 6.54 Å². The summed E-state index contributed by atoms with van der Waals surface area (Å²) in [4.78, 5) is 28.5. The Hall–Kier alpha value is -3.74. The molecule has 2 amide bonds. The molecule has 0 fully saturated rings. The summed E-state index contributed by atoms with van der Waals surface area (Å²) in [5.74, 6) is -0.0917. The van der Waals surface area contributed by atoms with Gasteiger partial charge >= 0.3 is 0 Å². The van der Waals surface area contributed by atoms with E-state index in [2.05, 4.69) is 36.4 Å². The van der Waals surface area contributed by atoms with Crippen LogP contribution in [0.2, 0.25) is 0 Å². The first-order valence-corrected chi connectivity index (χ1v) is 10.7. The van der Waals surface area contributed by atoms with E-state index in [4.69, 9.17) is 4.74 Å². The molecule has 0 radical (unpaired) electrons. The zero-order chi connectivity index (χ0) is 23.8. The molecule has 0 aliphatic heterocycles. The first-order chi connectivity index (χ1) is 15.7. The van der Waals surface area contributed by atoms with E-state index in [0.717, 1.165) is 11.1 Å². The van der Waals surface area contributed by atoms with Gasteiger partial charge in [0.15, 0.2) is 0 Å². The predicted octanol–water partition coefficient (Wildman–Crippen LogP) is 4.75. The van der Waals surface area contributed by atoms with E-state index in [0.29, 0.717) is 23.7 Å². The number of aromatic nitrogens is 1. The average Bonchev–Trinajstić information content (AvgIpc) is 2.78. The molecule has 3 aromatic rings. The van der Waals surface area contributed by atoms with Crippen LogP contribution in [0.25, 0.3) is 0 Å². The fraction of sp³-hybridized carbons (Fsp3) is 0.269. The van der Waals surface area contributed by atoms with Gasteiger partial charge in [-0.25, -0.2) is 9.37 Å². The second kappa shape index (κ2) is 10.7. The fourth-order valence-corrected chi connectivity index (χ4v) is 3.03. The molecule has 0 bridgehead atoms. The van der Waals surface area contributed by atoms with Crippen molar-refractivity contribution >= 4 is 11.8 Å². The Kier molecular flexibility index (Phi) is 7.77. The van der Waals surface area contributed by atoms with Gasteiger partial charge in [-0.05, 0) is 40.8 Å². The number of nitrogens with zero attached hydrogens (tertiary/aromatic N) is 1. The van der Waals surface area contributed by atoms with Gasteiger partial charge in [-0.1, -0.05) is 45.0 Å². The SMILES string of the molecule is CC(C)(C)c1ccc(C(=O)NCCC(=O)NCc2ccc(Oc3cccc(F)c3)nc2)cc1. The number of amides is 2. The van der Waals surface area contributed by atoms with E-state index in [1.54, 1.807) is 42.6 Å². The summed E-state index contributed by atoms with van der Waals surface area (Å²) in [5, 5.41) is 5.56. The zero-order valence-electron chi connectivity index (χ0n) is 19.0. The summed E-state index contributed by atoms with van der Waals surface area (Å²) in [6.45, 7) is 6.89. The van der Waals surface area contributed by atoms with Gasteiger partial charge < -0.3 is 15.4 Å². The van der Waals surface area contributed by atoms with Crippen LogP contribution in [0.4, 0.5) is 4.39 Å². The molecule has 0 saturated heterocycles. The number of carbonyl (C=O) groups is 2. The Morgan fingerprint density at radius 1 is 1.00 bits per heavy atom. The van der Waals surface area contributed by atoms with Crippen molar-refractivity contribution < 1.29 is 18.7 Å². The highest BCUT2D eigenvalue weighted by atomic mass is 19.1. The normalized spacial score (nSPS) is 11.0. The molecule has 1 aromatic heterocycles. The number of ether oxygens (including phenoxy) is 1. The summed E-state index contributed by atoms with van der Waals surface area (Å²) in [5.41, 5.74) is 2.53. The Morgan fingerprint density at radius 2 is 1.76 bits per heavy atom. The lowest BCUT2D eigenvalue weighted by molar-refractivity contribution is -0.121. The van der Waals surface area contributed by atoms with Crippen LogP contribution >= 0.6 is 0 Å². The molecule has 172 valence electrons. The van der Waals surface area contributed by atoms with Crippen LogP contribution < -0.4 is 15.4 Å². The molecule has 33 heavy (non-hydrogen) atoms. The van der Waals surface area contributed by atoms with E-state index >= 15 is 0 Å². The third-order valence-electron chi connectivity index (χ3n) is 4.96. The molecule has 0 spiro atoms. The van der Waals surface area contributed by atoms with Gasteiger partial charge in [-0.15, -0.1) is 0 Å². The number of halogens is 1. The lowest BCUT2D eigenvalue weighted by atomic mass is 9.87. The van der Waals surface area contributed by atoms with E-state index in [9.17, 15) is 14.0 Å². The number of carbonyl (C=O) groups excluding carboxylic acids is 2. The largest absolute Gasteiger partial charge is 0.439 e. The van der Waals surface area contributed by atoms with Crippen LogP contribution in [0.5, 0.6) is 11.6 Å². The summed E-state index contributed by atoms with van der Waals surface area (Å²) in [7, 11) is 0. The van der Waals surface area contributed by atoms with E-state index < -0.39 is 0 Å². The van der Waals surface area contributed by atoms with Crippen molar-refractivity contribution in [1.29, 1.82) is 0 Å². The Bertz CT molecular complexity index is 1090. The lowest BCUT2D eigenvalue weighted by Crippen LogP contribution is -2.30. The molecule has 0 aliphatic carbocycles. The highest BCUT2D eigenvalue weighted by molar-refractivity contribution is 5.94. The van der Waals surface area contributed by atoms with Crippen molar-refractivity contribution in [3.8, 4) is 11.6 Å². The van der Waals surface area contributed by atoms with E-state index in [-0.39, 0.29) is 36.0 Å². The third-order valence-corrected chi connectivity index (χ3v) is 4.96. The molecule has 6 nitrogen and oxygen atoms in total. The van der Waals surface area contributed by atoms with Gasteiger partial charge in [0, 0.05) is 43.4 Å². The molecule has 0 aliphatic rings. The van der Waals surface area contributed by atoms with Crippen molar-refractivity contribution in [1.82, 2.24) is 15.6 Å². The van der Waals surface area contributed by atoms with E-state index in [1.807, 2.05) is 12.1 Å². The highest BCUT2D eigenvalue weighted by Gasteiger charge is 2.14. The summed E-state index contributed by atoms with van der Waals surface area (Å²) >= 11 is 0. The number of rotatable bonds is 8. The van der Waals surface area contributed by atoms with Gasteiger partial charge in [-0.2, -0.15) is 0 Å². The van der Waals surface area contributed by atoms with Crippen LogP contribution in [0.3, 0.4) is 0 Å². The van der Waals surface area contributed by atoms with Gasteiger partial charge in [0.25, 0.3) is 5.91 Å². The topological polar surface area (TPSA) is 80.3 Å². The molecule has 7 heteroatoms.